The van der Waals surface area contributed by atoms with E-state index in [1.54, 1.807) is 12.1 Å². The number of benzene rings is 2. The smallest absolute Gasteiger partial charge is 0.252 e. The van der Waals surface area contributed by atoms with Crippen molar-refractivity contribution in [1.29, 1.82) is 0 Å². The van der Waals surface area contributed by atoms with Gasteiger partial charge in [0.25, 0.3) is 5.91 Å². The normalized spacial score (nSPS) is 11.9. The van der Waals surface area contributed by atoms with Crippen LogP contribution < -0.4 is 11.1 Å². The van der Waals surface area contributed by atoms with Crippen molar-refractivity contribution in [3.8, 4) is 0 Å². The topological polar surface area (TPSA) is 55.1 Å². The molecule has 2 aromatic rings. The van der Waals surface area contributed by atoms with E-state index in [1.807, 2.05) is 30.3 Å². The van der Waals surface area contributed by atoms with E-state index in [0.29, 0.717) is 22.2 Å². The lowest BCUT2D eigenvalue weighted by Crippen LogP contribution is -2.32. The number of carbonyl (C=O) groups excluding carboxylic acids is 1. The number of hydrogen-bond acceptors (Lipinski definition) is 2. The molecule has 0 aromatic heterocycles. The minimum atomic E-state index is -0.266. The van der Waals surface area contributed by atoms with Gasteiger partial charge in [-0.1, -0.05) is 53.5 Å². The van der Waals surface area contributed by atoms with Crippen molar-refractivity contribution in [1.82, 2.24) is 5.32 Å². The third-order valence-electron chi connectivity index (χ3n) is 2.89. The summed E-state index contributed by atoms with van der Waals surface area (Å²) in [5.74, 6) is -0.266. The fourth-order valence-corrected chi connectivity index (χ4v) is 2.28. The standard InChI is InChI=1S/C15H14Cl2N2O/c16-11-6-7-12(13(17)8-11)15(20)19-9-14(18)10-4-2-1-3-5-10/h1-8,14H,9,18H2,(H,19,20). The van der Waals surface area contributed by atoms with Gasteiger partial charge in [0, 0.05) is 17.6 Å². The summed E-state index contributed by atoms with van der Waals surface area (Å²) in [6, 6.07) is 14.1. The molecular weight excluding hydrogens is 295 g/mol. The molecule has 20 heavy (non-hydrogen) atoms. The first-order valence-electron chi connectivity index (χ1n) is 6.11. The highest BCUT2D eigenvalue weighted by molar-refractivity contribution is 6.36. The minimum Gasteiger partial charge on any atom is -0.350 e. The maximum absolute atomic E-state index is 12.0. The van der Waals surface area contributed by atoms with Crippen LogP contribution in [0.15, 0.2) is 48.5 Å². The zero-order chi connectivity index (χ0) is 14.5. The van der Waals surface area contributed by atoms with Crippen molar-refractivity contribution >= 4 is 29.1 Å². The van der Waals surface area contributed by atoms with Crippen LogP contribution in [0.2, 0.25) is 10.0 Å². The summed E-state index contributed by atoms with van der Waals surface area (Å²) in [5.41, 5.74) is 7.37. The monoisotopic (exact) mass is 308 g/mol. The molecule has 1 amide bonds. The number of amides is 1. The maximum Gasteiger partial charge on any atom is 0.252 e. The van der Waals surface area contributed by atoms with E-state index in [4.69, 9.17) is 28.9 Å². The van der Waals surface area contributed by atoms with Gasteiger partial charge in [0.2, 0.25) is 0 Å². The van der Waals surface area contributed by atoms with Gasteiger partial charge in [0.15, 0.2) is 0 Å². The van der Waals surface area contributed by atoms with Crippen molar-refractivity contribution in [3.63, 3.8) is 0 Å². The minimum absolute atomic E-state index is 0.258. The molecular formula is C15H14Cl2N2O. The summed E-state index contributed by atoms with van der Waals surface area (Å²) >= 11 is 11.8. The van der Waals surface area contributed by atoms with E-state index in [0.717, 1.165) is 5.56 Å². The second-order valence-electron chi connectivity index (χ2n) is 4.35. The zero-order valence-electron chi connectivity index (χ0n) is 10.6. The summed E-state index contributed by atoms with van der Waals surface area (Å²) < 4.78 is 0. The van der Waals surface area contributed by atoms with Crippen LogP contribution in [0.5, 0.6) is 0 Å². The molecule has 5 heteroatoms. The Kier molecular flexibility index (Phi) is 5.01. The molecule has 0 saturated carbocycles. The number of rotatable bonds is 4. The van der Waals surface area contributed by atoms with Crippen molar-refractivity contribution in [2.45, 2.75) is 6.04 Å². The van der Waals surface area contributed by atoms with Gasteiger partial charge >= 0.3 is 0 Å². The predicted octanol–water partition coefficient (Wildman–Crippen LogP) is 3.42. The Morgan fingerprint density at radius 2 is 1.85 bits per heavy atom. The SMILES string of the molecule is NC(CNC(=O)c1ccc(Cl)cc1Cl)c1ccccc1. The van der Waals surface area contributed by atoms with E-state index >= 15 is 0 Å². The third-order valence-corrected chi connectivity index (χ3v) is 3.43. The summed E-state index contributed by atoms with van der Waals surface area (Å²) in [6.45, 7) is 0.335. The lowest BCUT2D eigenvalue weighted by atomic mass is 10.1. The Morgan fingerprint density at radius 1 is 1.15 bits per heavy atom. The largest absolute Gasteiger partial charge is 0.350 e. The van der Waals surface area contributed by atoms with E-state index in [2.05, 4.69) is 5.32 Å². The van der Waals surface area contributed by atoms with Crippen LogP contribution >= 0.6 is 23.2 Å². The summed E-state index contributed by atoms with van der Waals surface area (Å²) in [7, 11) is 0. The lowest BCUT2D eigenvalue weighted by molar-refractivity contribution is 0.0951. The molecule has 3 nitrogen and oxygen atoms in total. The lowest BCUT2D eigenvalue weighted by Gasteiger charge is -2.13. The highest BCUT2D eigenvalue weighted by Crippen LogP contribution is 2.21. The van der Waals surface area contributed by atoms with Gasteiger partial charge in [0.05, 0.1) is 10.6 Å². The van der Waals surface area contributed by atoms with Crippen LogP contribution in [0.4, 0.5) is 0 Å². The van der Waals surface area contributed by atoms with Crippen molar-refractivity contribution in [2.75, 3.05) is 6.54 Å². The van der Waals surface area contributed by atoms with E-state index in [1.165, 1.54) is 6.07 Å². The van der Waals surface area contributed by atoms with Crippen molar-refractivity contribution in [3.05, 3.63) is 69.7 Å². The highest BCUT2D eigenvalue weighted by Gasteiger charge is 2.12. The predicted molar refractivity (Wildman–Crippen MR) is 82.2 cm³/mol. The molecule has 0 heterocycles. The van der Waals surface area contributed by atoms with Gasteiger partial charge in [-0.3, -0.25) is 4.79 Å². The molecule has 0 bridgehead atoms. The summed E-state index contributed by atoms with van der Waals surface area (Å²) in [5, 5.41) is 3.58. The first-order chi connectivity index (χ1) is 9.58. The Labute approximate surface area is 127 Å². The first kappa shape index (κ1) is 14.9. The molecule has 104 valence electrons. The van der Waals surface area contributed by atoms with Crippen LogP contribution in [0, 0.1) is 0 Å². The number of halogens is 2. The van der Waals surface area contributed by atoms with Gasteiger partial charge in [0.1, 0.15) is 0 Å². The van der Waals surface area contributed by atoms with Crippen LogP contribution in [0.25, 0.3) is 0 Å². The zero-order valence-corrected chi connectivity index (χ0v) is 12.2. The van der Waals surface area contributed by atoms with Crippen LogP contribution in [-0.4, -0.2) is 12.5 Å². The highest BCUT2D eigenvalue weighted by atomic mass is 35.5. The number of nitrogens with one attached hydrogen (secondary N) is 1. The molecule has 0 spiro atoms. The molecule has 1 atom stereocenters. The van der Waals surface area contributed by atoms with Crippen molar-refractivity contribution in [2.24, 2.45) is 5.73 Å². The van der Waals surface area contributed by atoms with E-state index < -0.39 is 0 Å². The molecule has 0 saturated heterocycles. The number of hydrogen-bond donors (Lipinski definition) is 2. The maximum atomic E-state index is 12.0. The average molecular weight is 309 g/mol. The fraction of sp³-hybridized carbons (Fsp3) is 0.133. The first-order valence-corrected chi connectivity index (χ1v) is 6.87. The Morgan fingerprint density at radius 3 is 2.50 bits per heavy atom. The molecule has 1 unspecified atom stereocenters. The number of carbonyl (C=O) groups is 1. The van der Waals surface area contributed by atoms with E-state index in [9.17, 15) is 4.79 Å². The summed E-state index contributed by atoms with van der Waals surface area (Å²) in [4.78, 5) is 12.0. The Bertz CT molecular complexity index is 602. The van der Waals surface area contributed by atoms with Gasteiger partial charge < -0.3 is 11.1 Å². The molecule has 0 aliphatic heterocycles. The van der Waals surface area contributed by atoms with Crippen molar-refractivity contribution < 1.29 is 4.79 Å². The summed E-state index contributed by atoms with van der Waals surface area (Å²) in [6.07, 6.45) is 0. The molecule has 0 aliphatic rings. The Balaban J connectivity index is 1.99. The van der Waals surface area contributed by atoms with Gasteiger partial charge in [-0.15, -0.1) is 0 Å². The van der Waals surface area contributed by atoms with Crippen LogP contribution in [0.1, 0.15) is 22.0 Å². The number of nitrogens with two attached hydrogens (primary N) is 1. The van der Waals surface area contributed by atoms with Crippen LogP contribution in [0.3, 0.4) is 0 Å². The third kappa shape index (κ3) is 3.73. The van der Waals surface area contributed by atoms with Gasteiger partial charge in [-0.25, -0.2) is 0 Å². The molecule has 3 N–H and O–H groups in total. The molecule has 0 aliphatic carbocycles. The van der Waals surface area contributed by atoms with Crippen LogP contribution in [-0.2, 0) is 0 Å². The second kappa shape index (κ2) is 6.75. The fourth-order valence-electron chi connectivity index (χ4n) is 1.79. The molecule has 2 rings (SSSR count). The van der Waals surface area contributed by atoms with Gasteiger partial charge in [-0.05, 0) is 23.8 Å². The Hall–Kier alpha value is -1.55. The van der Waals surface area contributed by atoms with Gasteiger partial charge in [-0.2, -0.15) is 0 Å². The quantitative estimate of drug-likeness (QED) is 0.909. The average Bonchev–Trinajstić information content (AvgIpc) is 2.45. The molecule has 0 radical (unpaired) electrons. The second-order valence-corrected chi connectivity index (χ2v) is 5.20. The molecule has 0 fully saturated rings. The van der Waals surface area contributed by atoms with E-state index in [-0.39, 0.29) is 11.9 Å². The molecule has 2 aromatic carbocycles.